The summed E-state index contributed by atoms with van der Waals surface area (Å²) in [4.78, 5) is 38.0. The summed E-state index contributed by atoms with van der Waals surface area (Å²) in [6.45, 7) is 4.10. The first-order chi connectivity index (χ1) is 17.5. The molecule has 0 radical (unpaired) electrons. The van der Waals surface area contributed by atoms with E-state index in [9.17, 15) is 14.7 Å². The van der Waals surface area contributed by atoms with Gasteiger partial charge in [0.2, 0.25) is 0 Å². The molecule has 1 N–H and O–H groups in total. The van der Waals surface area contributed by atoms with Gasteiger partial charge < -0.3 is 10.0 Å². The molecular weight excluding hydrogens is 494 g/mol. The third kappa shape index (κ3) is 5.08. The number of fused-ring (bicyclic) bond motifs is 1. The van der Waals surface area contributed by atoms with Crippen LogP contribution in [0.1, 0.15) is 11.1 Å². The fourth-order valence-corrected chi connectivity index (χ4v) is 5.78. The van der Waals surface area contributed by atoms with Gasteiger partial charge in [0.15, 0.2) is 0 Å². The summed E-state index contributed by atoms with van der Waals surface area (Å²) in [5.74, 6) is 0.390. The van der Waals surface area contributed by atoms with Gasteiger partial charge in [-0.25, -0.2) is 4.98 Å². The number of aliphatic hydroxyl groups is 1. The molecule has 8 nitrogen and oxygen atoms in total. The van der Waals surface area contributed by atoms with E-state index in [1.807, 2.05) is 36.4 Å². The van der Waals surface area contributed by atoms with E-state index in [-0.39, 0.29) is 18.1 Å². The Labute approximate surface area is 218 Å². The second-order valence-corrected chi connectivity index (χ2v) is 10.4. The van der Waals surface area contributed by atoms with E-state index in [0.29, 0.717) is 58.9 Å². The van der Waals surface area contributed by atoms with Crippen molar-refractivity contribution in [3.63, 3.8) is 0 Å². The number of amides is 1. The number of aliphatic hydroxyl groups excluding tert-OH is 1. The molecule has 2 aliphatic rings. The number of benzene rings is 1. The molecule has 0 bridgehead atoms. The molecule has 36 heavy (non-hydrogen) atoms. The Morgan fingerprint density at radius 2 is 1.75 bits per heavy atom. The highest BCUT2D eigenvalue weighted by Crippen LogP contribution is 2.33. The van der Waals surface area contributed by atoms with E-state index in [0.717, 1.165) is 18.7 Å². The van der Waals surface area contributed by atoms with Gasteiger partial charge in [-0.1, -0.05) is 60.4 Å². The lowest BCUT2D eigenvalue weighted by Gasteiger charge is -2.35. The van der Waals surface area contributed by atoms with Crippen LogP contribution in [-0.4, -0.2) is 80.4 Å². The second kappa shape index (κ2) is 10.9. The first-order valence-electron chi connectivity index (χ1n) is 11.9. The summed E-state index contributed by atoms with van der Waals surface area (Å²) >= 11 is 6.75. The number of thioether (sulfide) groups is 1. The topological polar surface area (TPSA) is 81.4 Å². The van der Waals surface area contributed by atoms with Gasteiger partial charge in [-0.2, -0.15) is 0 Å². The lowest BCUT2D eigenvalue weighted by atomic mass is 10.1. The molecule has 3 aromatic rings. The summed E-state index contributed by atoms with van der Waals surface area (Å²) < 4.78 is 2.00. The molecule has 5 rings (SSSR count). The number of anilines is 1. The highest BCUT2D eigenvalue weighted by atomic mass is 32.2. The Morgan fingerprint density at radius 1 is 1.00 bits per heavy atom. The third-order valence-electron chi connectivity index (χ3n) is 6.45. The van der Waals surface area contributed by atoms with E-state index < -0.39 is 0 Å². The van der Waals surface area contributed by atoms with Gasteiger partial charge in [0, 0.05) is 45.5 Å². The third-order valence-corrected chi connectivity index (χ3v) is 7.83. The summed E-state index contributed by atoms with van der Waals surface area (Å²) in [5.41, 5.74) is 1.86. The van der Waals surface area contributed by atoms with Crippen LogP contribution < -0.4 is 10.5 Å². The van der Waals surface area contributed by atoms with Gasteiger partial charge in [0.05, 0.1) is 17.1 Å². The van der Waals surface area contributed by atoms with Crippen LogP contribution in [0, 0.1) is 0 Å². The van der Waals surface area contributed by atoms with E-state index >= 15 is 0 Å². The van der Waals surface area contributed by atoms with Gasteiger partial charge in [0.25, 0.3) is 11.5 Å². The van der Waals surface area contributed by atoms with Gasteiger partial charge in [-0.15, -0.1) is 0 Å². The fraction of sp³-hybridized carbons (Fsp3) is 0.308. The molecule has 0 unspecified atom stereocenters. The summed E-state index contributed by atoms with van der Waals surface area (Å²) in [7, 11) is 0. The van der Waals surface area contributed by atoms with Crippen molar-refractivity contribution in [1.29, 1.82) is 0 Å². The zero-order valence-electron chi connectivity index (χ0n) is 19.7. The monoisotopic (exact) mass is 521 g/mol. The van der Waals surface area contributed by atoms with Crippen LogP contribution in [0.2, 0.25) is 0 Å². The Bertz CT molecular complexity index is 1370. The molecule has 0 atom stereocenters. The minimum absolute atomic E-state index is 0.118. The lowest BCUT2D eigenvalue weighted by molar-refractivity contribution is -0.122. The largest absolute Gasteiger partial charge is 0.395 e. The van der Waals surface area contributed by atoms with E-state index in [4.69, 9.17) is 17.2 Å². The first kappa shape index (κ1) is 24.6. The number of aromatic nitrogens is 2. The van der Waals surface area contributed by atoms with Crippen molar-refractivity contribution in [2.45, 2.75) is 6.42 Å². The molecule has 0 saturated carbocycles. The van der Waals surface area contributed by atoms with Gasteiger partial charge in [0.1, 0.15) is 15.8 Å². The molecule has 2 saturated heterocycles. The average molecular weight is 522 g/mol. The van der Waals surface area contributed by atoms with Crippen LogP contribution in [0.4, 0.5) is 5.82 Å². The van der Waals surface area contributed by atoms with Crippen LogP contribution in [0.3, 0.4) is 0 Å². The number of nitrogens with zero attached hydrogens (tertiary/aromatic N) is 5. The van der Waals surface area contributed by atoms with Gasteiger partial charge in [-0.05, 0) is 30.2 Å². The molecule has 10 heteroatoms. The smallest absolute Gasteiger partial charge is 0.267 e. The molecule has 2 fully saturated rings. The first-order valence-corrected chi connectivity index (χ1v) is 13.2. The molecule has 1 amide bonds. The van der Waals surface area contributed by atoms with Crippen LogP contribution in [0.25, 0.3) is 11.7 Å². The summed E-state index contributed by atoms with van der Waals surface area (Å²) in [5, 5.41) is 9.26. The van der Waals surface area contributed by atoms with E-state index in [1.165, 1.54) is 16.2 Å². The molecule has 0 aliphatic carbocycles. The van der Waals surface area contributed by atoms with Crippen LogP contribution in [-0.2, 0) is 11.2 Å². The number of hydrogen-bond acceptors (Lipinski definition) is 8. The van der Waals surface area contributed by atoms with E-state index in [1.54, 1.807) is 29.3 Å². The minimum atomic E-state index is -0.219. The number of thiocarbonyl (C=S) groups is 1. The van der Waals surface area contributed by atoms with Crippen molar-refractivity contribution >= 4 is 51.7 Å². The van der Waals surface area contributed by atoms with Crippen molar-refractivity contribution in [2.24, 2.45) is 0 Å². The quantitative estimate of drug-likeness (QED) is 0.375. The van der Waals surface area contributed by atoms with Crippen LogP contribution in [0.5, 0.6) is 0 Å². The highest BCUT2D eigenvalue weighted by molar-refractivity contribution is 8.26. The summed E-state index contributed by atoms with van der Waals surface area (Å²) in [6, 6.07) is 15.4. The molecule has 1 aromatic carbocycles. The Hall–Kier alpha value is -3.05. The van der Waals surface area contributed by atoms with Gasteiger partial charge >= 0.3 is 0 Å². The maximum atomic E-state index is 13.6. The van der Waals surface area contributed by atoms with Crippen molar-refractivity contribution in [1.82, 2.24) is 19.2 Å². The molecular formula is C26H27N5O3S2. The maximum absolute atomic E-state index is 13.6. The number of piperazine rings is 1. The second-order valence-electron chi connectivity index (χ2n) is 8.70. The Kier molecular flexibility index (Phi) is 7.47. The number of carbonyl (C=O) groups is 1. The summed E-state index contributed by atoms with van der Waals surface area (Å²) in [6.07, 6.45) is 4.05. The molecule has 2 aliphatic heterocycles. The normalized spacial score (nSPS) is 18.1. The van der Waals surface area contributed by atoms with E-state index in [2.05, 4.69) is 9.80 Å². The zero-order valence-corrected chi connectivity index (χ0v) is 21.4. The van der Waals surface area contributed by atoms with Crippen molar-refractivity contribution in [3.05, 3.63) is 81.1 Å². The Morgan fingerprint density at radius 3 is 2.50 bits per heavy atom. The van der Waals surface area contributed by atoms with Crippen LogP contribution in [0.15, 0.2) is 64.4 Å². The molecule has 186 valence electrons. The average Bonchev–Trinajstić information content (AvgIpc) is 3.17. The SMILES string of the molecule is O=C1C(=Cc2c(N3CCN(CCO)CC3)nc3ccccn3c2=O)SC(=S)N1CCc1ccccc1. The van der Waals surface area contributed by atoms with Crippen molar-refractivity contribution in [2.75, 3.05) is 50.8 Å². The van der Waals surface area contributed by atoms with Crippen molar-refractivity contribution < 1.29 is 9.90 Å². The fourth-order valence-electron chi connectivity index (χ4n) is 4.49. The van der Waals surface area contributed by atoms with Gasteiger partial charge in [-0.3, -0.25) is 23.8 Å². The highest BCUT2D eigenvalue weighted by Gasteiger charge is 2.33. The predicted octanol–water partition coefficient (Wildman–Crippen LogP) is 2.25. The number of hydrogen-bond donors (Lipinski definition) is 1. The standard InChI is InChI=1S/C26H27N5O3S2/c32-17-16-28-12-14-29(15-13-28)23-20(24(33)30-10-5-4-8-22(30)27-23)18-21-25(34)31(26(35)36-21)11-9-19-6-2-1-3-7-19/h1-8,10,18,32H,9,11-17H2. The zero-order chi connectivity index (χ0) is 25.1. The lowest BCUT2D eigenvalue weighted by Crippen LogP contribution is -2.48. The molecule has 4 heterocycles. The number of rotatable bonds is 7. The Balaban J connectivity index is 1.46. The molecule has 2 aromatic heterocycles. The number of β-amino-alcohol motifs (C(OH)–C–C–N with tert-alkyl or cyclic N) is 1. The minimum Gasteiger partial charge on any atom is -0.395 e. The van der Waals surface area contributed by atoms with Crippen LogP contribution >= 0.6 is 24.0 Å². The predicted molar refractivity (Wildman–Crippen MR) is 147 cm³/mol. The van der Waals surface area contributed by atoms with Crippen molar-refractivity contribution in [3.8, 4) is 0 Å². The number of carbonyl (C=O) groups excluding carboxylic acids is 1. The number of pyridine rings is 1. The maximum Gasteiger partial charge on any atom is 0.267 e. The molecule has 0 spiro atoms.